The molecular formula is C23H20Cl2N2O4S. The van der Waals surface area contributed by atoms with Crippen molar-refractivity contribution < 1.29 is 19.1 Å². The third-order valence-corrected chi connectivity index (χ3v) is 6.29. The van der Waals surface area contributed by atoms with Gasteiger partial charge in [-0.05, 0) is 56.7 Å². The fourth-order valence-corrected chi connectivity index (χ4v) is 4.42. The Labute approximate surface area is 199 Å². The van der Waals surface area contributed by atoms with Crippen LogP contribution in [-0.2, 0) is 4.74 Å². The van der Waals surface area contributed by atoms with Crippen molar-refractivity contribution in [3.63, 3.8) is 0 Å². The number of anilines is 2. The maximum absolute atomic E-state index is 13.0. The number of rotatable bonds is 6. The van der Waals surface area contributed by atoms with Crippen molar-refractivity contribution in [3.8, 4) is 0 Å². The molecule has 1 aromatic heterocycles. The summed E-state index contributed by atoms with van der Waals surface area (Å²) in [5.41, 5.74) is 2.22. The van der Waals surface area contributed by atoms with Crippen LogP contribution in [0.3, 0.4) is 0 Å². The molecule has 2 N–H and O–H groups in total. The number of esters is 1. The Kier molecular flexibility index (Phi) is 7.56. The maximum Gasteiger partial charge on any atom is 0.341 e. The van der Waals surface area contributed by atoms with E-state index in [1.54, 1.807) is 44.2 Å². The lowest BCUT2D eigenvalue weighted by Gasteiger charge is -2.08. The van der Waals surface area contributed by atoms with Crippen molar-refractivity contribution in [2.24, 2.45) is 0 Å². The van der Waals surface area contributed by atoms with Gasteiger partial charge in [0, 0.05) is 10.6 Å². The fourth-order valence-electron chi connectivity index (χ4n) is 3.00. The highest BCUT2D eigenvalue weighted by molar-refractivity contribution is 7.19. The highest BCUT2D eigenvalue weighted by atomic mass is 35.5. The highest BCUT2D eigenvalue weighted by Gasteiger charge is 2.27. The fraction of sp³-hybridized carbons (Fsp3) is 0.174. The summed E-state index contributed by atoms with van der Waals surface area (Å²) in [5.74, 6) is -1.51. The van der Waals surface area contributed by atoms with Gasteiger partial charge in [0.1, 0.15) is 5.00 Å². The predicted octanol–water partition coefficient (Wildman–Crippen LogP) is 6.35. The molecule has 32 heavy (non-hydrogen) atoms. The van der Waals surface area contributed by atoms with Crippen LogP contribution < -0.4 is 10.6 Å². The minimum absolute atomic E-state index is 0.139. The highest BCUT2D eigenvalue weighted by Crippen LogP contribution is 2.35. The molecule has 0 spiro atoms. The average Bonchev–Trinajstić information content (AvgIpc) is 3.06. The van der Waals surface area contributed by atoms with E-state index < -0.39 is 17.8 Å². The Morgan fingerprint density at radius 3 is 2.44 bits per heavy atom. The third kappa shape index (κ3) is 5.30. The largest absolute Gasteiger partial charge is 0.462 e. The second kappa shape index (κ2) is 10.2. The number of carbonyl (C=O) groups is 3. The molecule has 0 saturated carbocycles. The number of nitrogens with one attached hydrogen (secondary N) is 2. The molecule has 0 atom stereocenters. The van der Waals surface area contributed by atoms with Crippen LogP contribution in [0.5, 0.6) is 0 Å². The van der Waals surface area contributed by atoms with Gasteiger partial charge in [-0.15, -0.1) is 11.3 Å². The van der Waals surface area contributed by atoms with Gasteiger partial charge < -0.3 is 15.4 Å². The van der Waals surface area contributed by atoms with Gasteiger partial charge >= 0.3 is 5.97 Å². The molecule has 9 heteroatoms. The maximum atomic E-state index is 13.0. The van der Waals surface area contributed by atoms with Crippen molar-refractivity contribution in [3.05, 3.63) is 79.6 Å². The monoisotopic (exact) mass is 490 g/mol. The number of carbonyl (C=O) groups excluding carboxylic acids is 3. The molecule has 0 bridgehead atoms. The molecular weight excluding hydrogens is 471 g/mol. The molecule has 0 aliphatic carbocycles. The second-order valence-electron chi connectivity index (χ2n) is 6.88. The lowest BCUT2D eigenvalue weighted by atomic mass is 10.1. The summed E-state index contributed by atoms with van der Waals surface area (Å²) in [6.07, 6.45) is 0. The minimum Gasteiger partial charge on any atom is -0.462 e. The molecule has 3 aromatic rings. The summed E-state index contributed by atoms with van der Waals surface area (Å²) < 4.78 is 5.15. The molecule has 0 fully saturated rings. The summed E-state index contributed by atoms with van der Waals surface area (Å²) in [4.78, 5) is 38.6. The summed E-state index contributed by atoms with van der Waals surface area (Å²) >= 11 is 13.1. The number of ether oxygens (including phenoxy) is 1. The van der Waals surface area contributed by atoms with Crippen LogP contribution in [0, 0.1) is 13.8 Å². The van der Waals surface area contributed by atoms with E-state index in [-0.39, 0.29) is 22.0 Å². The van der Waals surface area contributed by atoms with Crippen molar-refractivity contribution in [2.75, 3.05) is 17.2 Å². The smallest absolute Gasteiger partial charge is 0.341 e. The van der Waals surface area contributed by atoms with Crippen molar-refractivity contribution in [2.45, 2.75) is 20.8 Å². The lowest BCUT2D eigenvalue weighted by molar-refractivity contribution is 0.0527. The van der Waals surface area contributed by atoms with Gasteiger partial charge in [-0.25, -0.2) is 4.79 Å². The van der Waals surface area contributed by atoms with Crippen molar-refractivity contribution in [1.29, 1.82) is 0 Å². The Morgan fingerprint density at radius 1 is 1.00 bits per heavy atom. The average molecular weight is 491 g/mol. The summed E-state index contributed by atoms with van der Waals surface area (Å²) in [6, 6.07) is 11.7. The van der Waals surface area contributed by atoms with Gasteiger partial charge in [0.25, 0.3) is 11.8 Å². The quantitative estimate of drug-likeness (QED) is 0.394. The Balaban J connectivity index is 1.97. The van der Waals surface area contributed by atoms with Gasteiger partial charge in [0.15, 0.2) is 0 Å². The number of hydrogen-bond donors (Lipinski definition) is 2. The zero-order valence-electron chi connectivity index (χ0n) is 17.5. The van der Waals surface area contributed by atoms with Crippen LogP contribution in [0.1, 0.15) is 48.4 Å². The number of amides is 2. The lowest BCUT2D eigenvalue weighted by Crippen LogP contribution is -2.15. The van der Waals surface area contributed by atoms with Gasteiger partial charge in [-0.3, -0.25) is 9.59 Å². The zero-order valence-corrected chi connectivity index (χ0v) is 19.9. The van der Waals surface area contributed by atoms with Crippen LogP contribution >= 0.6 is 34.5 Å². The predicted molar refractivity (Wildman–Crippen MR) is 129 cm³/mol. The SMILES string of the molecule is CCOC(=O)c1c(NC(=O)c2cccc(C)c2)sc(C(=O)Nc2cc(Cl)ccc2Cl)c1C. The van der Waals surface area contributed by atoms with Gasteiger partial charge in [-0.2, -0.15) is 0 Å². The Morgan fingerprint density at radius 2 is 1.75 bits per heavy atom. The zero-order chi connectivity index (χ0) is 23.4. The van der Waals surface area contributed by atoms with E-state index in [0.717, 1.165) is 16.9 Å². The number of hydrogen-bond acceptors (Lipinski definition) is 5. The molecule has 166 valence electrons. The molecule has 3 rings (SSSR count). The van der Waals surface area contributed by atoms with Crippen LogP contribution in [-0.4, -0.2) is 24.4 Å². The van der Waals surface area contributed by atoms with E-state index in [0.29, 0.717) is 26.9 Å². The first-order chi connectivity index (χ1) is 15.2. The molecule has 0 radical (unpaired) electrons. The molecule has 0 saturated heterocycles. The molecule has 2 amide bonds. The van der Waals surface area contributed by atoms with Crippen LogP contribution in [0.25, 0.3) is 0 Å². The molecule has 0 unspecified atom stereocenters. The number of thiophene rings is 1. The second-order valence-corrected chi connectivity index (χ2v) is 8.75. The Bertz CT molecular complexity index is 1210. The third-order valence-electron chi connectivity index (χ3n) is 4.52. The minimum atomic E-state index is -0.624. The first-order valence-electron chi connectivity index (χ1n) is 9.66. The molecule has 6 nitrogen and oxygen atoms in total. The summed E-state index contributed by atoms with van der Waals surface area (Å²) in [7, 11) is 0. The van der Waals surface area contributed by atoms with Crippen LogP contribution in [0.15, 0.2) is 42.5 Å². The first kappa shape index (κ1) is 23.8. The normalized spacial score (nSPS) is 10.5. The summed E-state index contributed by atoms with van der Waals surface area (Å²) in [5, 5.41) is 6.40. The van der Waals surface area contributed by atoms with Crippen LogP contribution in [0.4, 0.5) is 10.7 Å². The standard InChI is InChI=1S/C23H20Cl2N2O4S/c1-4-31-23(30)18-13(3)19(21(29)26-17-11-15(24)8-9-16(17)25)32-22(18)27-20(28)14-7-5-6-12(2)10-14/h5-11H,4H2,1-3H3,(H,26,29)(H,27,28). The van der Waals surface area contributed by atoms with Crippen LogP contribution in [0.2, 0.25) is 10.0 Å². The van der Waals surface area contributed by atoms with Gasteiger partial charge in [0.2, 0.25) is 0 Å². The Hall–Kier alpha value is -2.87. The van der Waals surface area contributed by atoms with Gasteiger partial charge in [-0.1, -0.05) is 40.9 Å². The van der Waals surface area contributed by atoms with Gasteiger partial charge in [0.05, 0.1) is 27.8 Å². The molecule has 0 aliphatic rings. The van der Waals surface area contributed by atoms with E-state index in [1.165, 1.54) is 6.07 Å². The number of aryl methyl sites for hydroxylation is 1. The van der Waals surface area contributed by atoms with Crippen molar-refractivity contribution in [1.82, 2.24) is 0 Å². The molecule has 0 aliphatic heterocycles. The van der Waals surface area contributed by atoms with E-state index in [1.807, 2.05) is 13.0 Å². The van der Waals surface area contributed by atoms with E-state index >= 15 is 0 Å². The number of halogens is 2. The molecule has 2 aromatic carbocycles. The van der Waals surface area contributed by atoms with Crippen molar-refractivity contribution >= 4 is 63.0 Å². The summed E-state index contributed by atoms with van der Waals surface area (Å²) in [6.45, 7) is 5.33. The van der Waals surface area contributed by atoms with E-state index in [9.17, 15) is 14.4 Å². The molecule has 1 heterocycles. The topological polar surface area (TPSA) is 84.5 Å². The number of benzene rings is 2. The first-order valence-corrected chi connectivity index (χ1v) is 11.2. The van der Waals surface area contributed by atoms with E-state index in [4.69, 9.17) is 27.9 Å². The van der Waals surface area contributed by atoms with E-state index in [2.05, 4.69) is 10.6 Å².